The Balaban J connectivity index is 1.57. The SMILES string of the molecule is CCOC(=O)N1CCC(N2C(=O)c3ccccc3[C@@H]2Nc2ccc(C)c(F)c2)CC1. The number of hydrogen-bond donors (Lipinski definition) is 1. The zero-order chi connectivity index (χ0) is 21.3. The molecule has 6 nitrogen and oxygen atoms in total. The van der Waals surface area contributed by atoms with Crippen LogP contribution in [0.5, 0.6) is 0 Å². The lowest BCUT2D eigenvalue weighted by atomic mass is 10.0. The average Bonchev–Trinajstić information content (AvgIpc) is 3.03. The van der Waals surface area contributed by atoms with Crippen LogP contribution in [0, 0.1) is 12.7 Å². The third-order valence-corrected chi connectivity index (χ3v) is 5.86. The van der Waals surface area contributed by atoms with Crippen LogP contribution >= 0.6 is 0 Å². The number of hydrogen-bond acceptors (Lipinski definition) is 4. The van der Waals surface area contributed by atoms with Crippen molar-refractivity contribution in [2.24, 2.45) is 0 Å². The van der Waals surface area contributed by atoms with Crippen molar-refractivity contribution in [3.05, 3.63) is 65.0 Å². The van der Waals surface area contributed by atoms with Gasteiger partial charge in [0, 0.05) is 35.9 Å². The Bertz CT molecular complexity index is 956. The molecule has 4 rings (SSSR count). The van der Waals surface area contributed by atoms with E-state index in [1.807, 2.05) is 35.2 Å². The summed E-state index contributed by atoms with van der Waals surface area (Å²) in [6.45, 7) is 4.93. The molecule has 2 heterocycles. The summed E-state index contributed by atoms with van der Waals surface area (Å²) in [4.78, 5) is 28.8. The van der Waals surface area contributed by atoms with Gasteiger partial charge in [0.15, 0.2) is 0 Å². The van der Waals surface area contributed by atoms with E-state index >= 15 is 0 Å². The van der Waals surface area contributed by atoms with Crippen LogP contribution in [0.25, 0.3) is 0 Å². The van der Waals surface area contributed by atoms with Crippen LogP contribution < -0.4 is 5.32 Å². The van der Waals surface area contributed by atoms with Crippen molar-refractivity contribution in [1.82, 2.24) is 9.80 Å². The van der Waals surface area contributed by atoms with Crippen LogP contribution in [0.1, 0.15) is 47.4 Å². The molecular weight excluding hydrogens is 385 g/mol. The Morgan fingerprint density at radius 1 is 1.20 bits per heavy atom. The van der Waals surface area contributed by atoms with Gasteiger partial charge >= 0.3 is 6.09 Å². The molecule has 2 aliphatic rings. The molecule has 1 fully saturated rings. The molecule has 158 valence electrons. The molecule has 2 aliphatic heterocycles. The van der Waals surface area contributed by atoms with Gasteiger partial charge in [-0.05, 0) is 50.5 Å². The fraction of sp³-hybridized carbons (Fsp3) is 0.391. The molecule has 0 unspecified atom stereocenters. The highest BCUT2D eigenvalue weighted by Crippen LogP contribution is 2.38. The van der Waals surface area contributed by atoms with E-state index in [9.17, 15) is 14.0 Å². The molecule has 2 aromatic rings. The van der Waals surface area contributed by atoms with E-state index in [0.717, 1.165) is 5.56 Å². The first-order valence-electron chi connectivity index (χ1n) is 10.4. The molecule has 0 aliphatic carbocycles. The van der Waals surface area contributed by atoms with E-state index in [4.69, 9.17) is 4.74 Å². The number of piperidine rings is 1. The molecule has 0 radical (unpaired) electrons. The first-order valence-corrected chi connectivity index (χ1v) is 10.4. The summed E-state index contributed by atoms with van der Waals surface area (Å²) < 4.78 is 19.2. The second-order valence-corrected chi connectivity index (χ2v) is 7.73. The Hall–Kier alpha value is -3.09. The van der Waals surface area contributed by atoms with E-state index in [1.54, 1.807) is 24.8 Å². The van der Waals surface area contributed by atoms with Crippen LogP contribution in [0.15, 0.2) is 42.5 Å². The van der Waals surface area contributed by atoms with Crippen LogP contribution in [-0.4, -0.2) is 47.5 Å². The number of benzene rings is 2. The predicted octanol–water partition coefficient (Wildman–Crippen LogP) is 4.32. The molecule has 0 bridgehead atoms. The summed E-state index contributed by atoms with van der Waals surface area (Å²) in [6.07, 6.45) is 0.643. The molecule has 2 aromatic carbocycles. The smallest absolute Gasteiger partial charge is 0.409 e. The number of ether oxygens (including phenoxy) is 1. The molecule has 7 heteroatoms. The highest BCUT2D eigenvalue weighted by Gasteiger charge is 2.42. The lowest BCUT2D eigenvalue weighted by molar-refractivity contribution is 0.0496. The third kappa shape index (κ3) is 3.72. The highest BCUT2D eigenvalue weighted by molar-refractivity contribution is 5.99. The Morgan fingerprint density at radius 3 is 2.63 bits per heavy atom. The summed E-state index contributed by atoms with van der Waals surface area (Å²) in [7, 11) is 0. The van der Waals surface area contributed by atoms with Gasteiger partial charge in [0.1, 0.15) is 12.0 Å². The topological polar surface area (TPSA) is 61.9 Å². The van der Waals surface area contributed by atoms with Gasteiger partial charge in [-0.15, -0.1) is 0 Å². The fourth-order valence-electron chi connectivity index (χ4n) is 4.24. The van der Waals surface area contributed by atoms with Crippen LogP contribution in [-0.2, 0) is 4.74 Å². The Kier molecular flexibility index (Phi) is 5.61. The number of carbonyl (C=O) groups excluding carboxylic acids is 2. The second-order valence-electron chi connectivity index (χ2n) is 7.73. The van der Waals surface area contributed by atoms with E-state index in [2.05, 4.69) is 5.32 Å². The Labute approximate surface area is 175 Å². The molecule has 0 spiro atoms. The summed E-state index contributed by atoms with van der Waals surface area (Å²) in [5, 5.41) is 3.36. The zero-order valence-corrected chi connectivity index (χ0v) is 17.2. The van der Waals surface area contributed by atoms with Gasteiger partial charge < -0.3 is 19.9 Å². The van der Waals surface area contributed by atoms with E-state index < -0.39 is 0 Å². The summed E-state index contributed by atoms with van der Waals surface area (Å²) in [6, 6.07) is 12.5. The first kappa shape index (κ1) is 20.2. The third-order valence-electron chi connectivity index (χ3n) is 5.86. The first-order chi connectivity index (χ1) is 14.5. The van der Waals surface area contributed by atoms with Gasteiger partial charge in [0.05, 0.1) is 6.61 Å². The fourth-order valence-corrected chi connectivity index (χ4v) is 4.24. The lowest BCUT2D eigenvalue weighted by Crippen LogP contribution is -2.49. The van der Waals surface area contributed by atoms with Crippen molar-refractivity contribution < 1.29 is 18.7 Å². The summed E-state index contributed by atoms with van der Waals surface area (Å²) >= 11 is 0. The van der Waals surface area contributed by atoms with Crippen molar-refractivity contribution in [2.45, 2.75) is 38.9 Å². The number of nitrogens with one attached hydrogen (secondary N) is 1. The number of nitrogens with zero attached hydrogens (tertiary/aromatic N) is 2. The van der Waals surface area contributed by atoms with Gasteiger partial charge in [-0.25, -0.2) is 9.18 Å². The van der Waals surface area contributed by atoms with Crippen LogP contribution in [0.4, 0.5) is 14.9 Å². The van der Waals surface area contributed by atoms with Crippen molar-refractivity contribution in [3.63, 3.8) is 0 Å². The van der Waals surface area contributed by atoms with E-state index in [-0.39, 0.29) is 30.0 Å². The predicted molar refractivity (Wildman–Crippen MR) is 112 cm³/mol. The number of amides is 2. The van der Waals surface area contributed by atoms with Crippen molar-refractivity contribution in [1.29, 1.82) is 0 Å². The lowest BCUT2D eigenvalue weighted by Gasteiger charge is -2.39. The molecule has 2 amide bonds. The molecule has 1 atom stereocenters. The van der Waals surface area contributed by atoms with Gasteiger partial charge in [-0.3, -0.25) is 4.79 Å². The van der Waals surface area contributed by atoms with Crippen LogP contribution in [0.2, 0.25) is 0 Å². The molecule has 0 saturated carbocycles. The van der Waals surface area contributed by atoms with Gasteiger partial charge in [-0.2, -0.15) is 0 Å². The minimum Gasteiger partial charge on any atom is -0.450 e. The maximum absolute atomic E-state index is 14.1. The summed E-state index contributed by atoms with van der Waals surface area (Å²) in [5.41, 5.74) is 2.75. The van der Waals surface area contributed by atoms with E-state index in [0.29, 0.717) is 49.4 Å². The van der Waals surface area contributed by atoms with Crippen molar-refractivity contribution in [2.75, 3.05) is 25.0 Å². The number of anilines is 1. The minimum atomic E-state index is -0.380. The van der Waals surface area contributed by atoms with Gasteiger partial charge in [-0.1, -0.05) is 24.3 Å². The normalized spacial score (nSPS) is 19.0. The average molecular weight is 411 g/mol. The standard InChI is InChI=1S/C23H26FN3O3/c1-3-30-23(29)26-12-10-17(11-13-26)27-21(18-6-4-5-7-19(18)22(27)28)25-16-9-8-15(2)20(24)14-16/h4-9,14,17,21,25H,3,10-13H2,1-2H3/t21-/m1/s1. The van der Waals surface area contributed by atoms with Crippen LogP contribution in [0.3, 0.4) is 0 Å². The van der Waals surface area contributed by atoms with Gasteiger partial charge in [0.25, 0.3) is 5.91 Å². The largest absolute Gasteiger partial charge is 0.450 e. The van der Waals surface area contributed by atoms with Crippen molar-refractivity contribution in [3.8, 4) is 0 Å². The minimum absolute atomic E-state index is 0.0247. The molecule has 1 N–H and O–H groups in total. The molecular formula is C23H26FN3O3. The number of carbonyl (C=O) groups is 2. The second kappa shape index (κ2) is 8.34. The highest BCUT2D eigenvalue weighted by atomic mass is 19.1. The number of aryl methyl sites for hydroxylation is 1. The van der Waals surface area contributed by atoms with Gasteiger partial charge in [0.2, 0.25) is 0 Å². The Morgan fingerprint density at radius 2 is 1.93 bits per heavy atom. The monoisotopic (exact) mass is 411 g/mol. The number of likely N-dealkylation sites (tertiary alicyclic amines) is 1. The maximum Gasteiger partial charge on any atom is 0.409 e. The quantitative estimate of drug-likeness (QED) is 0.814. The molecule has 1 saturated heterocycles. The molecule has 0 aromatic heterocycles. The number of halogens is 1. The van der Waals surface area contributed by atoms with Crippen molar-refractivity contribution >= 4 is 17.7 Å². The number of fused-ring (bicyclic) bond motifs is 1. The molecule has 30 heavy (non-hydrogen) atoms. The summed E-state index contributed by atoms with van der Waals surface area (Å²) in [5.74, 6) is -0.322. The number of rotatable bonds is 4. The van der Waals surface area contributed by atoms with E-state index in [1.165, 1.54) is 6.07 Å². The zero-order valence-electron chi connectivity index (χ0n) is 17.2. The maximum atomic E-state index is 14.1.